The highest BCUT2D eigenvalue weighted by Gasteiger charge is 2.28. The predicted octanol–water partition coefficient (Wildman–Crippen LogP) is 3.61. The van der Waals surface area contributed by atoms with Crippen LogP contribution in [0.25, 0.3) is 0 Å². The fourth-order valence-corrected chi connectivity index (χ4v) is 3.22. The summed E-state index contributed by atoms with van der Waals surface area (Å²) >= 11 is 0. The number of hydrogen-bond acceptors (Lipinski definition) is 1. The van der Waals surface area contributed by atoms with Crippen molar-refractivity contribution in [1.29, 1.82) is 0 Å². The fraction of sp³-hybridized carbons (Fsp3) is 0.857. The van der Waals surface area contributed by atoms with Crippen molar-refractivity contribution in [1.82, 2.24) is 5.32 Å². The van der Waals surface area contributed by atoms with Gasteiger partial charge in [0.05, 0.1) is 0 Å². The van der Waals surface area contributed by atoms with Crippen molar-refractivity contribution >= 4 is 0 Å². The van der Waals surface area contributed by atoms with E-state index in [-0.39, 0.29) is 0 Å². The van der Waals surface area contributed by atoms with E-state index in [0.29, 0.717) is 6.04 Å². The van der Waals surface area contributed by atoms with E-state index in [0.717, 1.165) is 30.7 Å². The molecule has 1 nitrogen and oxygen atoms in total. The lowest BCUT2D eigenvalue weighted by Crippen LogP contribution is -2.39. The molecule has 15 heavy (non-hydrogen) atoms. The molecule has 0 amide bonds. The molecule has 0 aromatic carbocycles. The smallest absolute Gasteiger partial charge is 0.0130 e. The van der Waals surface area contributed by atoms with Crippen molar-refractivity contribution < 1.29 is 0 Å². The van der Waals surface area contributed by atoms with Gasteiger partial charge < -0.3 is 5.32 Å². The third-order valence-corrected chi connectivity index (χ3v) is 3.67. The van der Waals surface area contributed by atoms with Gasteiger partial charge in [0.2, 0.25) is 0 Å². The first-order valence-corrected chi connectivity index (χ1v) is 6.51. The zero-order valence-electron chi connectivity index (χ0n) is 10.6. The molecule has 0 radical (unpaired) electrons. The molecular formula is C14H27N. The van der Waals surface area contributed by atoms with E-state index in [1.807, 2.05) is 0 Å². The lowest BCUT2D eigenvalue weighted by atomic mass is 9.73. The molecule has 0 aromatic heterocycles. The summed E-state index contributed by atoms with van der Waals surface area (Å²) in [5, 5.41) is 3.62. The molecule has 3 unspecified atom stereocenters. The molecule has 1 N–H and O–H groups in total. The molecule has 0 aromatic rings. The molecule has 1 saturated carbocycles. The van der Waals surface area contributed by atoms with Crippen LogP contribution in [0.3, 0.4) is 0 Å². The van der Waals surface area contributed by atoms with Gasteiger partial charge in [-0.1, -0.05) is 26.8 Å². The first-order chi connectivity index (χ1) is 7.17. The van der Waals surface area contributed by atoms with Crippen molar-refractivity contribution in [3.05, 3.63) is 12.7 Å². The van der Waals surface area contributed by atoms with Crippen LogP contribution in [-0.2, 0) is 0 Å². The molecule has 0 saturated heterocycles. The van der Waals surface area contributed by atoms with E-state index in [9.17, 15) is 0 Å². The van der Waals surface area contributed by atoms with Crippen LogP contribution in [0.4, 0.5) is 0 Å². The first-order valence-electron chi connectivity index (χ1n) is 6.51. The maximum Gasteiger partial charge on any atom is 0.0130 e. The predicted molar refractivity (Wildman–Crippen MR) is 67.9 cm³/mol. The van der Waals surface area contributed by atoms with Gasteiger partial charge in [-0.05, 0) is 50.0 Å². The van der Waals surface area contributed by atoms with Crippen molar-refractivity contribution in [3.63, 3.8) is 0 Å². The summed E-state index contributed by atoms with van der Waals surface area (Å²) in [6.45, 7) is 12.0. The Morgan fingerprint density at radius 3 is 2.33 bits per heavy atom. The van der Waals surface area contributed by atoms with Crippen molar-refractivity contribution in [3.8, 4) is 0 Å². The third-order valence-electron chi connectivity index (χ3n) is 3.67. The van der Waals surface area contributed by atoms with Crippen molar-refractivity contribution in [2.45, 2.75) is 52.5 Å². The van der Waals surface area contributed by atoms with Crippen LogP contribution in [0, 0.1) is 17.8 Å². The highest BCUT2D eigenvalue weighted by atomic mass is 14.9. The molecular weight excluding hydrogens is 182 g/mol. The van der Waals surface area contributed by atoms with E-state index in [2.05, 4.69) is 38.7 Å². The van der Waals surface area contributed by atoms with Crippen LogP contribution in [-0.4, -0.2) is 12.6 Å². The molecule has 0 bridgehead atoms. The number of rotatable bonds is 5. The van der Waals surface area contributed by atoms with Gasteiger partial charge in [0.15, 0.2) is 0 Å². The maximum atomic E-state index is 3.88. The Morgan fingerprint density at radius 1 is 1.27 bits per heavy atom. The minimum atomic E-state index is 0.665. The first kappa shape index (κ1) is 12.8. The van der Waals surface area contributed by atoms with Gasteiger partial charge in [-0.15, -0.1) is 6.58 Å². The molecule has 88 valence electrons. The minimum Gasteiger partial charge on any atom is -0.314 e. The van der Waals surface area contributed by atoms with Gasteiger partial charge in [0.25, 0.3) is 0 Å². The Morgan fingerprint density at radius 2 is 1.87 bits per heavy atom. The van der Waals surface area contributed by atoms with E-state index in [1.165, 1.54) is 19.3 Å². The minimum absolute atomic E-state index is 0.665. The van der Waals surface area contributed by atoms with Crippen molar-refractivity contribution in [2.24, 2.45) is 17.8 Å². The zero-order chi connectivity index (χ0) is 11.3. The molecule has 1 aliphatic carbocycles. The van der Waals surface area contributed by atoms with Gasteiger partial charge in [-0.25, -0.2) is 0 Å². The molecule has 0 aliphatic heterocycles. The Bertz CT molecular complexity index is 178. The standard InChI is InChI=1S/C14H27N/c1-5-7-14(15-6-2)13-9-11(3)8-12(4)10-13/h5,11-15H,1,6-10H2,2-4H3. The Kier molecular flexibility index (Phi) is 5.38. The van der Waals surface area contributed by atoms with E-state index in [1.54, 1.807) is 0 Å². The summed E-state index contributed by atoms with van der Waals surface area (Å²) in [4.78, 5) is 0. The molecule has 1 fully saturated rings. The highest BCUT2D eigenvalue weighted by Crippen LogP contribution is 2.35. The molecule has 1 rings (SSSR count). The average molecular weight is 209 g/mol. The second-order valence-corrected chi connectivity index (χ2v) is 5.37. The van der Waals surface area contributed by atoms with Gasteiger partial charge in [0.1, 0.15) is 0 Å². The summed E-state index contributed by atoms with van der Waals surface area (Å²) in [6, 6.07) is 0.665. The summed E-state index contributed by atoms with van der Waals surface area (Å²) in [5.41, 5.74) is 0. The summed E-state index contributed by atoms with van der Waals surface area (Å²) < 4.78 is 0. The molecule has 0 spiro atoms. The monoisotopic (exact) mass is 209 g/mol. The lowest BCUT2D eigenvalue weighted by Gasteiger charge is -2.36. The average Bonchev–Trinajstić information content (AvgIpc) is 2.16. The molecule has 0 heterocycles. The van der Waals surface area contributed by atoms with Gasteiger partial charge in [0, 0.05) is 6.04 Å². The third kappa shape index (κ3) is 3.98. The van der Waals surface area contributed by atoms with Crippen LogP contribution >= 0.6 is 0 Å². The number of hydrogen-bond donors (Lipinski definition) is 1. The summed E-state index contributed by atoms with van der Waals surface area (Å²) in [7, 11) is 0. The Balaban J connectivity index is 2.52. The van der Waals surface area contributed by atoms with E-state index >= 15 is 0 Å². The van der Waals surface area contributed by atoms with E-state index < -0.39 is 0 Å². The summed E-state index contributed by atoms with van der Waals surface area (Å²) in [5.74, 6) is 2.68. The van der Waals surface area contributed by atoms with Crippen LogP contribution in [0.2, 0.25) is 0 Å². The largest absolute Gasteiger partial charge is 0.314 e. The lowest BCUT2D eigenvalue weighted by molar-refractivity contribution is 0.177. The normalized spacial score (nSPS) is 33.7. The topological polar surface area (TPSA) is 12.0 Å². The van der Waals surface area contributed by atoms with Gasteiger partial charge in [-0.2, -0.15) is 0 Å². The quantitative estimate of drug-likeness (QED) is 0.682. The second-order valence-electron chi connectivity index (χ2n) is 5.37. The van der Waals surface area contributed by atoms with Crippen LogP contribution in [0.1, 0.15) is 46.5 Å². The highest BCUT2D eigenvalue weighted by molar-refractivity contribution is 4.87. The number of nitrogens with one attached hydrogen (secondary N) is 1. The molecule has 1 heteroatoms. The fourth-order valence-electron chi connectivity index (χ4n) is 3.22. The van der Waals surface area contributed by atoms with Crippen LogP contribution in [0.5, 0.6) is 0 Å². The van der Waals surface area contributed by atoms with Crippen LogP contribution < -0.4 is 5.32 Å². The van der Waals surface area contributed by atoms with Crippen molar-refractivity contribution in [2.75, 3.05) is 6.54 Å². The van der Waals surface area contributed by atoms with E-state index in [4.69, 9.17) is 0 Å². The molecule has 1 aliphatic rings. The molecule has 3 atom stereocenters. The van der Waals surface area contributed by atoms with Gasteiger partial charge >= 0.3 is 0 Å². The van der Waals surface area contributed by atoms with Crippen LogP contribution in [0.15, 0.2) is 12.7 Å². The maximum absolute atomic E-state index is 3.88. The second kappa shape index (κ2) is 6.32. The SMILES string of the molecule is C=CCC(NCC)C1CC(C)CC(C)C1. The van der Waals surface area contributed by atoms with Gasteiger partial charge in [-0.3, -0.25) is 0 Å². The Labute approximate surface area is 95.3 Å². The summed E-state index contributed by atoms with van der Waals surface area (Å²) in [6.07, 6.45) is 7.41. The zero-order valence-corrected chi connectivity index (χ0v) is 10.6. The Hall–Kier alpha value is -0.300.